The summed E-state index contributed by atoms with van der Waals surface area (Å²) in [6.45, 7) is 3.90. The van der Waals surface area contributed by atoms with Crippen LogP contribution in [0.5, 0.6) is 0 Å². The summed E-state index contributed by atoms with van der Waals surface area (Å²) in [6.07, 6.45) is 0. The molecular weight excluding hydrogens is 277 g/mol. The summed E-state index contributed by atoms with van der Waals surface area (Å²) in [5.41, 5.74) is 0.316. The molecule has 0 atom stereocenters. The molecule has 0 bridgehead atoms. The second-order valence-electron chi connectivity index (χ2n) is 3.98. The fraction of sp³-hybridized carbons (Fsp3) is 0.364. The third-order valence-corrected chi connectivity index (χ3v) is 3.51. The van der Waals surface area contributed by atoms with Crippen molar-refractivity contribution in [3.8, 4) is 0 Å². The summed E-state index contributed by atoms with van der Waals surface area (Å²) >= 11 is 9.15. The maximum atomic E-state index is 11.8. The van der Waals surface area contributed by atoms with Gasteiger partial charge in [-0.15, -0.1) is 0 Å². The van der Waals surface area contributed by atoms with Gasteiger partial charge in [-0.25, -0.2) is 0 Å². The van der Waals surface area contributed by atoms with Crippen LogP contribution >= 0.6 is 27.5 Å². The molecule has 0 radical (unpaired) electrons. The first kappa shape index (κ1) is 12.5. The molecule has 0 saturated carbocycles. The van der Waals surface area contributed by atoms with Gasteiger partial charge < -0.3 is 5.32 Å². The molecule has 0 saturated heterocycles. The number of halogens is 2. The molecule has 1 aromatic carbocycles. The molecule has 0 heterocycles. The molecule has 15 heavy (non-hydrogen) atoms. The molecular formula is C11H13BrClNO. The Labute approximate surface area is 103 Å². The smallest absolute Gasteiger partial charge is 0.251 e. The minimum atomic E-state index is -0.264. The van der Waals surface area contributed by atoms with Crippen LogP contribution in [-0.4, -0.2) is 16.8 Å². The van der Waals surface area contributed by atoms with Gasteiger partial charge in [0.05, 0.1) is 0 Å². The fourth-order valence-electron chi connectivity index (χ4n) is 1.04. The Kier molecular flexibility index (Phi) is 4.17. The zero-order valence-electron chi connectivity index (χ0n) is 8.68. The standard InChI is InChI=1S/C11H13BrClNO/c1-11(2,7-12)14-10(15)8-4-3-5-9(13)6-8/h3-6H,7H2,1-2H3,(H,14,15). The predicted octanol–water partition coefficient (Wildman–Crippen LogP) is 3.24. The number of carbonyl (C=O) groups is 1. The van der Waals surface area contributed by atoms with E-state index in [4.69, 9.17) is 11.6 Å². The third-order valence-electron chi connectivity index (χ3n) is 1.87. The van der Waals surface area contributed by atoms with Gasteiger partial charge in [0.25, 0.3) is 5.91 Å². The van der Waals surface area contributed by atoms with E-state index in [9.17, 15) is 4.79 Å². The second-order valence-corrected chi connectivity index (χ2v) is 4.98. The lowest BCUT2D eigenvalue weighted by molar-refractivity contribution is 0.0921. The zero-order valence-corrected chi connectivity index (χ0v) is 11.0. The number of rotatable bonds is 3. The van der Waals surface area contributed by atoms with Gasteiger partial charge in [0.2, 0.25) is 0 Å². The minimum absolute atomic E-state index is 0.109. The monoisotopic (exact) mass is 289 g/mol. The molecule has 1 amide bonds. The summed E-state index contributed by atoms with van der Waals surface area (Å²) in [5.74, 6) is -0.109. The van der Waals surface area contributed by atoms with Crippen molar-refractivity contribution in [2.45, 2.75) is 19.4 Å². The largest absolute Gasteiger partial charge is 0.346 e. The van der Waals surface area contributed by atoms with Crippen LogP contribution < -0.4 is 5.32 Å². The molecule has 82 valence electrons. The first-order chi connectivity index (χ1) is 6.94. The first-order valence-electron chi connectivity index (χ1n) is 4.59. The van der Waals surface area contributed by atoms with E-state index in [2.05, 4.69) is 21.2 Å². The second kappa shape index (κ2) is 4.99. The van der Waals surface area contributed by atoms with Crippen LogP contribution in [0, 0.1) is 0 Å². The van der Waals surface area contributed by atoms with E-state index >= 15 is 0 Å². The van der Waals surface area contributed by atoms with E-state index in [1.165, 1.54) is 0 Å². The number of hydrogen-bond acceptors (Lipinski definition) is 1. The van der Waals surface area contributed by atoms with Crippen molar-refractivity contribution in [3.05, 3.63) is 34.9 Å². The van der Waals surface area contributed by atoms with E-state index < -0.39 is 0 Å². The summed E-state index contributed by atoms with van der Waals surface area (Å²) in [5, 5.41) is 4.17. The summed E-state index contributed by atoms with van der Waals surface area (Å²) < 4.78 is 0. The van der Waals surface area contributed by atoms with Crippen LogP contribution in [0.3, 0.4) is 0 Å². The molecule has 0 unspecified atom stereocenters. The highest BCUT2D eigenvalue weighted by Crippen LogP contribution is 2.12. The number of nitrogens with one attached hydrogen (secondary N) is 1. The number of alkyl halides is 1. The van der Waals surface area contributed by atoms with Crippen LogP contribution in [0.1, 0.15) is 24.2 Å². The maximum absolute atomic E-state index is 11.8. The van der Waals surface area contributed by atoms with Crippen LogP contribution in [0.4, 0.5) is 0 Å². The predicted molar refractivity (Wildman–Crippen MR) is 66.8 cm³/mol. The lowest BCUT2D eigenvalue weighted by Crippen LogP contribution is -2.44. The lowest BCUT2D eigenvalue weighted by Gasteiger charge is -2.23. The van der Waals surface area contributed by atoms with Crippen molar-refractivity contribution in [2.24, 2.45) is 0 Å². The fourth-order valence-corrected chi connectivity index (χ4v) is 1.37. The van der Waals surface area contributed by atoms with Crippen LogP contribution in [0.2, 0.25) is 5.02 Å². The topological polar surface area (TPSA) is 29.1 Å². The van der Waals surface area contributed by atoms with E-state index in [0.717, 1.165) is 0 Å². The van der Waals surface area contributed by atoms with Gasteiger partial charge in [-0.2, -0.15) is 0 Å². The number of hydrogen-bond donors (Lipinski definition) is 1. The highest BCUT2D eigenvalue weighted by molar-refractivity contribution is 9.09. The Morgan fingerprint density at radius 1 is 1.53 bits per heavy atom. The molecule has 0 aromatic heterocycles. The van der Waals surface area contributed by atoms with Crippen molar-refractivity contribution in [3.63, 3.8) is 0 Å². The molecule has 0 aliphatic rings. The normalized spacial score (nSPS) is 11.2. The van der Waals surface area contributed by atoms with Crippen molar-refractivity contribution >= 4 is 33.4 Å². The Morgan fingerprint density at radius 3 is 2.73 bits per heavy atom. The summed E-state index contributed by atoms with van der Waals surface area (Å²) in [6, 6.07) is 6.90. The molecule has 0 aliphatic carbocycles. The van der Waals surface area contributed by atoms with Gasteiger partial charge in [0, 0.05) is 21.5 Å². The number of benzene rings is 1. The Morgan fingerprint density at radius 2 is 2.20 bits per heavy atom. The summed E-state index contributed by atoms with van der Waals surface area (Å²) in [4.78, 5) is 11.8. The van der Waals surface area contributed by atoms with Crippen molar-refractivity contribution in [1.29, 1.82) is 0 Å². The average molecular weight is 291 g/mol. The molecule has 1 rings (SSSR count). The lowest BCUT2D eigenvalue weighted by atomic mass is 10.1. The van der Waals surface area contributed by atoms with Gasteiger partial charge in [0.15, 0.2) is 0 Å². The van der Waals surface area contributed by atoms with Gasteiger partial charge in [-0.1, -0.05) is 33.6 Å². The van der Waals surface area contributed by atoms with E-state index in [0.29, 0.717) is 15.9 Å². The van der Waals surface area contributed by atoms with E-state index in [-0.39, 0.29) is 11.4 Å². The molecule has 0 fully saturated rings. The van der Waals surface area contributed by atoms with Crippen LogP contribution in [0.25, 0.3) is 0 Å². The quantitative estimate of drug-likeness (QED) is 0.851. The Bertz CT molecular complexity index is 365. The van der Waals surface area contributed by atoms with Crippen molar-refractivity contribution in [2.75, 3.05) is 5.33 Å². The molecule has 1 N–H and O–H groups in total. The van der Waals surface area contributed by atoms with Crippen LogP contribution in [0.15, 0.2) is 24.3 Å². The number of amides is 1. The number of carbonyl (C=O) groups excluding carboxylic acids is 1. The highest BCUT2D eigenvalue weighted by atomic mass is 79.9. The van der Waals surface area contributed by atoms with Gasteiger partial charge >= 0.3 is 0 Å². The van der Waals surface area contributed by atoms with E-state index in [1.807, 2.05) is 13.8 Å². The van der Waals surface area contributed by atoms with Crippen molar-refractivity contribution in [1.82, 2.24) is 5.32 Å². The first-order valence-corrected chi connectivity index (χ1v) is 6.08. The molecule has 0 aliphatic heterocycles. The van der Waals surface area contributed by atoms with Gasteiger partial charge in [0.1, 0.15) is 0 Å². The van der Waals surface area contributed by atoms with Gasteiger partial charge in [-0.3, -0.25) is 4.79 Å². The zero-order chi connectivity index (χ0) is 11.5. The Hall–Kier alpha value is -0.540. The SMILES string of the molecule is CC(C)(CBr)NC(=O)c1cccc(Cl)c1. The molecule has 1 aromatic rings. The Balaban J connectivity index is 2.78. The maximum Gasteiger partial charge on any atom is 0.251 e. The average Bonchev–Trinajstić information content (AvgIpc) is 2.17. The highest BCUT2D eigenvalue weighted by Gasteiger charge is 2.19. The van der Waals surface area contributed by atoms with Crippen molar-refractivity contribution < 1.29 is 4.79 Å². The van der Waals surface area contributed by atoms with Gasteiger partial charge in [-0.05, 0) is 32.0 Å². The molecule has 0 spiro atoms. The van der Waals surface area contributed by atoms with E-state index in [1.54, 1.807) is 24.3 Å². The third kappa shape index (κ3) is 3.84. The molecule has 4 heteroatoms. The summed E-state index contributed by atoms with van der Waals surface area (Å²) in [7, 11) is 0. The molecule has 2 nitrogen and oxygen atoms in total. The minimum Gasteiger partial charge on any atom is -0.346 e. The van der Waals surface area contributed by atoms with Crippen LogP contribution in [-0.2, 0) is 0 Å².